The molecule has 1 aliphatic heterocycles. The molecule has 2 rings (SSSR count). The van der Waals surface area contributed by atoms with Crippen LogP contribution in [0.2, 0.25) is 0 Å². The smallest absolute Gasteiger partial charge is 0.228 e. The average molecular weight is 304 g/mol. The van der Waals surface area contributed by atoms with Crippen LogP contribution >= 0.6 is 15.9 Å². The molecule has 0 saturated heterocycles. The lowest BCUT2D eigenvalue weighted by molar-refractivity contribution is 0.468. The number of nitrogens with two attached hydrogens (primary N) is 1. The van der Waals surface area contributed by atoms with Gasteiger partial charge in [-0.05, 0) is 28.1 Å². The molecule has 2 heterocycles. The topological polar surface area (TPSA) is 80.6 Å². The molecular weight excluding hydrogens is 294 g/mol. The lowest BCUT2D eigenvalue weighted by atomic mass is 10.2. The van der Waals surface area contributed by atoms with Gasteiger partial charge in [-0.2, -0.15) is 0 Å². The van der Waals surface area contributed by atoms with Crippen LogP contribution in [-0.4, -0.2) is 16.4 Å². The molecule has 3 N–H and O–H groups in total. The van der Waals surface area contributed by atoms with Crippen LogP contribution in [0.25, 0.3) is 0 Å². The van der Waals surface area contributed by atoms with Crippen molar-refractivity contribution in [2.24, 2.45) is 10.7 Å². The van der Waals surface area contributed by atoms with Gasteiger partial charge in [0, 0.05) is 12.5 Å². The Morgan fingerprint density at radius 1 is 1.69 bits per heavy atom. The average Bonchev–Trinajstić information content (AvgIpc) is 2.74. The zero-order chi connectivity index (χ0) is 11.8. The van der Waals surface area contributed by atoms with Crippen LogP contribution < -0.4 is 11.1 Å². The third kappa shape index (κ3) is 1.60. The van der Waals surface area contributed by atoms with Gasteiger partial charge in [0.2, 0.25) is 4.87 Å². The second-order valence-corrected chi connectivity index (χ2v) is 5.56. The maximum Gasteiger partial charge on any atom is 0.228 e. The first kappa shape index (κ1) is 11.4. The van der Waals surface area contributed by atoms with Crippen molar-refractivity contribution in [3.63, 3.8) is 0 Å². The number of hydrogen-bond donors (Lipinski definition) is 2. The number of halogens is 1. The van der Waals surface area contributed by atoms with Crippen molar-refractivity contribution in [2.75, 3.05) is 6.26 Å². The zero-order valence-electron chi connectivity index (χ0n) is 8.44. The summed E-state index contributed by atoms with van der Waals surface area (Å²) < 4.78 is 17.9. The van der Waals surface area contributed by atoms with Gasteiger partial charge in [0.05, 0.1) is 21.5 Å². The van der Waals surface area contributed by atoms with E-state index in [1.54, 1.807) is 24.6 Å². The van der Waals surface area contributed by atoms with Crippen molar-refractivity contribution in [2.45, 2.75) is 4.87 Å². The van der Waals surface area contributed by atoms with Gasteiger partial charge in [0.15, 0.2) is 5.96 Å². The fourth-order valence-corrected chi connectivity index (χ4v) is 3.52. The van der Waals surface area contributed by atoms with Crippen LogP contribution in [0.1, 0.15) is 5.76 Å². The van der Waals surface area contributed by atoms with E-state index in [9.17, 15) is 4.21 Å². The van der Waals surface area contributed by atoms with Gasteiger partial charge in [-0.15, -0.1) is 0 Å². The van der Waals surface area contributed by atoms with E-state index in [1.807, 2.05) is 0 Å². The molecule has 0 aromatic carbocycles. The van der Waals surface area contributed by atoms with Gasteiger partial charge in [0.25, 0.3) is 0 Å². The first-order valence-electron chi connectivity index (χ1n) is 4.43. The summed E-state index contributed by atoms with van der Waals surface area (Å²) in [5, 5.41) is 2.75. The third-order valence-electron chi connectivity index (χ3n) is 2.22. The Hall–Kier alpha value is -1.08. The molecule has 0 saturated carbocycles. The summed E-state index contributed by atoms with van der Waals surface area (Å²) in [6.07, 6.45) is 4.68. The van der Waals surface area contributed by atoms with Crippen LogP contribution in [0.4, 0.5) is 0 Å². The van der Waals surface area contributed by atoms with E-state index in [2.05, 4.69) is 26.2 Å². The highest BCUT2D eigenvalue weighted by molar-refractivity contribution is 9.11. The highest BCUT2D eigenvalue weighted by Crippen LogP contribution is 2.41. The predicted molar refractivity (Wildman–Crippen MR) is 66.2 cm³/mol. The van der Waals surface area contributed by atoms with Crippen LogP contribution in [0.3, 0.4) is 0 Å². The first-order valence-corrected chi connectivity index (χ1v) is 6.78. The molecule has 0 radical (unpaired) electrons. The quantitative estimate of drug-likeness (QED) is 0.853. The minimum Gasteiger partial charge on any atom is -0.465 e. The van der Waals surface area contributed by atoms with Gasteiger partial charge in [-0.1, -0.05) is 0 Å². The molecule has 86 valence electrons. The van der Waals surface area contributed by atoms with E-state index in [0.29, 0.717) is 10.2 Å². The number of nitrogens with one attached hydrogen (secondary N) is 1. The molecule has 0 aliphatic carbocycles. The summed E-state index contributed by atoms with van der Waals surface area (Å²) >= 11 is 3.34. The minimum absolute atomic E-state index is 0.204. The molecule has 0 bridgehead atoms. The Bertz CT molecular complexity index is 483. The number of rotatable bonds is 2. The SMILES string of the molecule is CS(=O)C1(c2ccco2)N=C(N)NC=C1Br. The molecule has 2 atom stereocenters. The normalized spacial score (nSPS) is 26.6. The Morgan fingerprint density at radius 3 is 3.00 bits per heavy atom. The van der Waals surface area contributed by atoms with E-state index >= 15 is 0 Å². The predicted octanol–water partition coefficient (Wildman–Crippen LogP) is 0.965. The molecule has 0 amide bonds. The Morgan fingerprint density at radius 2 is 2.44 bits per heavy atom. The summed E-state index contributed by atoms with van der Waals surface area (Å²) in [5.41, 5.74) is 5.61. The van der Waals surface area contributed by atoms with Crippen LogP contribution in [-0.2, 0) is 15.7 Å². The third-order valence-corrected chi connectivity index (χ3v) is 4.63. The standard InChI is InChI=1S/C9H10BrN3O2S/c1-16(14)9(7-3-2-4-15-7)6(10)5-12-8(11)13-9/h2-5H,1H3,(H3,11,12,13). The molecule has 2 unspecified atom stereocenters. The highest BCUT2D eigenvalue weighted by Gasteiger charge is 2.44. The molecule has 5 nitrogen and oxygen atoms in total. The van der Waals surface area contributed by atoms with Crippen molar-refractivity contribution in [3.05, 3.63) is 34.8 Å². The lowest BCUT2D eigenvalue weighted by Gasteiger charge is -2.28. The van der Waals surface area contributed by atoms with Crippen molar-refractivity contribution < 1.29 is 8.63 Å². The summed E-state index contributed by atoms with van der Waals surface area (Å²) in [6, 6.07) is 3.44. The minimum atomic E-state index is -1.31. The van der Waals surface area contributed by atoms with Crippen molar-refractivity contribution in [1.82, 2.24) is 5.32 Å². The van der Waals surface area contributed by atoms with Crippen molar-refractivity contribution in [1.29, 1.82) is 0 Å². The number of guanidine groups is 1. The van der Waals surface area contributed by atoms with E-state index < -0.39 is 15.7 Å². The second kappa shape index (κ2) is 4.06. The summed E-state index contributed by atoms with van der Waals surface area (Å²) in [4.78, 5) is 3.13. The highest BCUT2D eigenvalue weighted by atomic mass is 79.9. The monoisotopic (exact) mass is 303 g/mol. The molecule has 1 aromatic heterocycles. The summed E-state index contributed by atoms with van der Waals surface area (Å²) in [6.45, 7) is 0. The van der Waals surface area contributed by atoms with Crippen molar-refractivity contribution >= 4 is 32.7 Å². The fraction of sp³-hybridized carbons (Fsp3) is 0.222. The molecule has 1 aliphatic rings. The van der Waals surface area contributed by atoms with Crippen LogP contribution in [0.5, 0.6) is 0 Å². The first-order chi connectivity index (χ1) is 7.57. The Balaban J connectivity index is 2.64. The molecule has 0 spiro atoms. The van der Waals surface area contributed by atoms with Crippen molar-refractivity contribution in [3.8, 4) is 0 Å². The summed E-state index contributed by atoms with van der Waals surface area (Å²) in [7, 11) is -1.31. The van der Waals surface area contributed by atoms with E-state index in [1.165, 1.54) is 6.26 Å². The van der Waals surface area contributed by atoms with Crippen LogP contribution in [0.15, 0.2) is 38.5 Å². The van der Waals surface area contributed by atoms with Gasteiger partial charge in [-0.25, -0.2) is 4.99 Å². The van der Waals surface area contributed by atoms with E-state index in [-0.39, 0.29) is 5.96 Å². The van der Waals surface area contributed by atoms with Gasteiger partial charge in [-0.3, -0.25) is 4.21 Å². The maximum absolute atomic E-state index is 12.0. The Kier molecular flexibility index (Phi) is 2.90. The molecule has 16 heavy (non-hydrogen) atoms. The zero-order valence-corrected chi connectivity index (χ0v) is 10.8. The molecule has 1 aromatic rings. The Labute approximate surface area is 103 Å². The second-order valence-electron chi connectivity index (χ2n) is 3.21. The van der Waals surface area contributed by atoms with Gasteiger partial charge < -0.3 is 15.5 Å². The molecule has 0 fully saturated rings. The van der Waals surface area contributed by atoms with E-state index in [4.69, 9.17) is 10.2 Å². The van der Waals surface area contributed by atoms with Gasteiger partial charge in [0.1, 0.15) is 5.76 Å². The van der Waals surface area contributed by atoms with Gasteiger partial charge >= 0.3 is 0 Å². The molecular formula is C9H10BrN3O2S. The lowest BCUT2D eigenvalue weighted by Crippen LogP contribution is -2.41. The largest absolute Gasteiger partial charge is 0.465 e. The fourth-order valence-electron chi connectivity index (χ4n) is 1.48. The summed E-state index contributed by atoms with van der Waals surface area (Å²) in [5.74, 6) is 0.690. The number of hydrogen-bond acceptors (Lipinski definition) is 5. The maximum atomic E-state index is 12.0. The van der Waals surface area contributed by atoms with Crippen LogP contribution in [0, 0.1) is 0 Å². The van der Waals surface area contributed by atoms with E-state index in [0.717, 1.165) is 0 Å². The number of aliphatic imine (C=N–C) groups is 1. The number of furan rings is 1. The number of nitrogens with zero attached hydrogens (tertiary/aromatic N) is 1. The molecule has 7 heteroatoms.